The molecule has 0 saturated carbocycles. The molecule has 30 heavy (non-hydrogen) atoms. The molecule has 0 atom stereocenters. The van der Waals surface area contributed by atoms with Crippen LogP contribution in [0.4, 0.5) is 5.69 Å². The molecule has 8 heteroatoms. The number of carbonyl (C=O) groups excluding carboxylic acids is 2. The number of methoxy groups -OCH3 is 2. The average molecular weight is 413 g/mol. The van der Waals surface area contributed by atoms with Crippen LogP contribution in [0.15, 0.2) is 40.8 Å². The van der Waals surface area contributed by atoms with Crippen LogP contribution in [0, 0.1) is 6.92 Å². The van der Waals surface area contributed by atoms with Gasteiger partial charge in [0.15, 0.2) is 6.61 Å². The number of benzene rings is 2. The third-order valence-electron chi connectivity index (χ3n) is 4.42. The molecule has 158 valence electrons. The summed E-state index contributed by atoms with van der Waals surface area (Å²) in [6.07, 6.45) is 0. The van der Waals surface area contributed by atoms with Crippen molar-refractivity contribution in [2.24, 2.45) is 0 Å². The Hall–Kier alpha value is -3.68. The number of nitrogens with one attached hydrogen (secondary N) is 1. The van der Waals surface area contributed by atoms with Crippen molar-refractivity contribution in [1.82, 2.24) is 0 Å². The molecule has 0 saturated heterocycles. The molecule has 8 nitrogen and oxygen atoms in total. The summed E-state index contributed by atoms with van der Waals surface area (Å²) >= 11 is 0. The van der Waals surface area contributed by atoms with Gasteiger partial charge in [-0.05, 0) is 44.2 Å². The maximum atomic E-state index is 12.4. The van der Waals surface area contributed by atoms with Gasteiger partial charge in [-0.25, -0.2) is 4.79 Å². The van der Waals surface area contributed by atoms with E-state index in [4.69, 9.17) is 23.4 Å². The van der Waals surface area contributed by atoms with E-state index in [-0.39, 0.29) is 5.76 Å². The van der Waals surface area contributed by atoms with Gasteiger partial charge >= 0.3 is 5.97 Å². The monoisotopic (exact) mass is 413 g/mol. The first-order valence-corrected chi connectivity index (χ1v) is 9.31. The van der Waals surface area contributed by atoms with Crippen LogP contribution < -0.4 is 19.5 Å². The maximum absolute atomic E-state index is 12.4. The van der Waals surface area contributed by atoms with E-state index in [9.17, 15) is 9.59 Å². The van der Waals surface area contributed by atoms with Gasteiger partial charge in [0.25, 0.3) is 5.91 Å². The fourth-order valence-corrected chi connectivity index (χ4v) is 2.94. The second kappa shape index (κ2) is 9.21. The number of furan rings is 1. The zero-order chi connectivity index (χ0) is 21.7. The SMILES string of the molecule is CCOc1ccc2oc(C(=O)OCC(=O)Nc3ccc(OC)cc3OC)c(C)c2c1. The van der Waals surface area contributed by atoms with Gasteiger partial charge in [0.05, 0.1) is 26.5 Å². The van der Waals surface area contributed by atoms with Crippen molar-refractivity contribution in [3.63, 3.8) is 0 Å². The van der Waals surface area contributed by atoms with Gasteiger partial charge in [-0.2, -0.15) is 0 Å². The summed E-state index contributed by atoms with van der Waals surface area (Å²) in [5.41, 5.74) is 1.59. The highest BCUT2D eigenvalue weighted by Crippen LogP contribution is 2.30. The van der Waals surface area contributed by atoms with Crippen molar-refractivity contribution < 1.29 is 33.0 Å². The quantitative estimate of drug-likeness (QED) is 0.559. The zero-order valence-corrected chi connectivity index (χ0v) is 17.2. The molecule has 3 rings (SSSR count). The molecule has 1 aromatic heterocycles. The van der Waals surface area contributed by atoms with Crippen LogP contribution in [0.25, 0.3) is 11.0 Å². The van der Waals surface area contributed by atoms with E-state index in [0.717, 1.165) is 5.39 Å². The number of fused-ring (bicyclic) bond motifs is 1. The second-order valence-electron chi connectivity index (χ2n) is 6.34. The van der Waals surface area contributed by atoms with E-state index in [1.807, 2.05) is 6.92 Å². The van der Waals surface area contributed by atoms with Gasteiger partial charge in [-0.1, -0.05) is 0 Å². The molecule has 0 spiro atoms. The van der Waals surface area contributed by atoms with Crippen molar-refractivity contribution in [3.05, 3.63) is 47.7 Å². The lowest BCUT2D eigenvalue weighted by atomic mass is 10.1. The van der Waals surface area contributed by atoms with Crippen LogP contribution in [0.1, 0.15) is 23.0 Å². The van der Waals surface area contributed by atoms with E-state index in [1.54, 1.807) is 43.3 Å². The number of ether oxygens (including phenoxy) is 4. The molecule has 2 aromatic carbocycles. The van der Waals surface area contributed by atoms with Gasteiger partial charge in [-0.15, -0.1) is 0 Å². The molecule has 3 aromatic rings. The van der Waals surface area contributed by atoms with Crippen molar-refractivity contribution >= 4 is 28.5 Å². The summed E-state index contributed by atoms with van der Waals surface area (Å²) in [4.78, 5) is 24.7. The Morgan fingerprint density at radius 3 is 2.50 bits per heavy atom. The predicted octanol–water partition coefficient (Wildman–Crippen LogP) is 3.95. The van der Waals surface area contributed by atoms with Gasteiger partial charge in [0.2, 0.25) is 5.76 Å². The first-order chi connectivity index (χ1) is 14.5. The number of amides is 1. The fourth-order valence-electron chi connectivity index (χ4n) is 2.94. The summed E-state index contributed by atoms with van der Waals surface area (Å²) in [5, 5.41) is 3.39. The molecular weight excluding hydrogens is 390 g/mol. The van der Waals surface area contributed by atoms with Gasteiger partial charge in [0, 0.05) is 17.0 Å². The van der Waals surface area contributed by atoms with Crippen LogP contribution >= 0.6 is 0 Å². The number of esters is 1. The average Bonchev–Trinajstić information content (AvgIpc) is 3.08. The summed E-state index contributed by atoms with van der Waals surface area (Å²) in [7, 11) is 3.01. The number of rotatable bonds is 8. The van der Waals surface area contributed by atoms with Crippen molar-refractivity contribution in [2.75, 3.05) is 32.8 Å². The van der Waals surface area contributed by atoms with E-state index in [2.05, 4.69) is 5.32 Å². The number of carbonyl (C=O) groups is 2. The highest BCUT2D eigenvalue weighted by atomic mass is 16.5. The molecule has 0 aliphatic carbocycles. The molecule has 0 unspecified atom stereocenters. The van der Waals surface area contributed by atoms with Crippen LogP contribution in [-0.2, 0) is 9.53 Å². The molecule has 0 fully saturated rings. The summed E-state index contributed by atoms with van der Waals surface area (Å²) < 4.78 is 26.6. The Morgan fingerprint density at radius 1 is 1.03 bits per heavy atom. The van der Waals surface area contributed by atoms with Crippen molar-refractivity contribution in [2.45, 2.75) is 13.8 Å². The largest absolute Gasteiger partial charge is 0.497 e. The van der Waals surface area contributed by atoms with Gasteiger partial charge in [-0.3, -0.25) is 4.79 Å². The number of hydrogen-bond acceptors (Lipinski definition) is 7. The van der Waals surface area contributed by atoms with Crippen molar-refractivity contribution in [1.29, 1.82) is 0 Å². The summed E-state index contributed by atoms with van der Waals surface area (Å²) in [6.45, 7) is 3.70. The minimum absolute atomic E-state index is 0.0495. The second-order valence-corrected chi connectivity index (χ2v) is 6.34. The zero-order valence-electron chi connectivity index (χ0n) is 17.2. The summed E-state index contributed by atoms with van der Waals surface area (Å²) in [6, 6.07) is 10.2. The lowest BCUT2D eigenvalue weighted by Gasteiger charge is -2.11. The Morgan fingerprint density at radius 2 is 1.80 bits per heavy atom. The Balaban J connectivity index is 1.67. The highest BCUT2D eigenvalue weighted by Gasteiger charge is 2.21. The first kappa shape index (κ1) is 21.0. The summed E-state index contributed by atoms with van der Waals surface area (Å²) in [5.74, 6) is 0.504. The lowest BCUT2D eigenvalue weighted by Crippen LogP contribution is -2.21. The van der Waals surface area contributed by atoms with Crippen molar-refractivity contribution in [3.8, 4) is 17.2 Å². The molecule has 0 aliphatic rings. The molecule has 0 radical (unpaired) electrons. The lowest BCUT2D eigenvalue weighted by molar-refractivity contribution is -0.119. The topological polar surface area (TPSA) is 96.2 Å². The number of hydrogen-bond donors (Lipinski definition) is 1. The van der Waals surface area contributed by atoms with E-state index in [0.29, 0.717) is 40.7 Å². The number of aryl methyl sites for hydroxylation is 1. The van der Waals surface area contributed by atoms with Crippen LogP contribution in [-0.4, -0.2) is 39.3 Å². The predicted molar refractivity (Wildman–Crippen MR) is 111 cm³/mol. The van der Waals surface area contributed by atoms with Gasteiger partial charge < -0.3 is 28.7 Å². The standard InChI is InChI=1S/C22H23NO7/c1-5-28-15-7-9-18-16(10-15)13(2)21(30-18)22(25)29-12-20(24)23-17-8-6-14(26-3)11-19(17)27-4/h6-11H,5,12H2,1-4H3,(H,23,24). The smallest absolute Gasteiger partial charge is 0.375 e. The molecule has 1 heterocycles. The van der Waals surface area contributed by atoms with E-state index < -0.39 is 18.5 Å². The van der Waals surface area contributed by atoms with Crippen LogP contribution in [0.2, 0.25) is 0 Å². The Labute approximate surface area is 173 Å². The minimum atomic E-state index is -0.724. The van der Waals surface area contributed by atoms with Crippen LogP contribution in [0.5, 0.6) is 17.2 Å². The fraction of sp³-hybridized carbons (Fsp3) is 0.273. The Kier molecular flexibility index (Phi) is 6.46. The molecular formula is C22H23NO7. The molecule has 1 N–H and O–H groups in total. The molecule has 0 aliphatic heterocycles. The third-order valence-corrected chi connectivity index (χ3v) is 4.42. The van der Waals surface area contributed by atoms with E-state index in [1.165, 1.54) is 14.2 Å². The Bertz CT molecular complexity index is 1070. The number of anilines is 1. The normalized spacial score (nSPS) is 10.5. The first-order valence-electron chi connectivity index (χ1n) is 9.31. The molecule has 0 bridgehead atoms. The van der Waals surface area contributed by atoms with Gasteiger partial charge in [0.1, 0.15) is 22.8 Å². The minimum Gasteiger partial charge on any atom is -0.497 e. The maximum Gasteiger partial charge on any atom is 0.375 e. The molecule has 1 amide bonds. The third kappa shape index (κ3) is 4.48. The van der Waals surface area contributed by atoms with Crippen LogP contribution in [0.3, 0.4) is 0 Å². The highest BCUT2D eigenvalue weighted by molar-refractivity contribution is 5.99. The van der Waals surface area contributed by atoms with E-state index >= 15 is 0 Å².